The summed E-state index contributed by atoms with van der Waals surface area (Å²) in [5, 5.41) is 0. The van der Waals surface area contributed by atoms with Crippen molar-refractivity contribution < 1.29 is 27.9 Å². The topological polar surface area (TPSA) is 65.7 Å². The van der Waals surface area contributed by atoms with Gasteiger partial charge in [0.1, 0.15) is 18.2 Å². The van der Waals surface area contributed by atoms with Gasteiger partial charge in [-0.2, -0.15) is 0 Å². The summed E-state index contributed by atoms with van der Waals surface area (Å²) in [4.78, 5) is 23.9. The number of hydrogen-bond donors (Lipinski definition) is 0. The molecule has 5 nitrogen and oxygen atoms in total. The first-order valence-corrected chi connectivity index (χ1v) is 7.76. The third-order valence-electron chi connectivity index (χ3n) is 3.73. The molecule has 0 bridgehead atoms. The maximum atomic E-state index is 12.9. The molecule has 0 fully saturated rings. The van der Waals surface area contributed by atoms with E-state index in [2.05, 4.69) is 4.74 Å². The van der Waals surface area contributed by atoms with Gasteiger partial charge in [-0.3, -0.25) is 4.79 Å². The highest BCUT2D eigenvalue weighted by molar-refractivity contribution is 6.09. The average Bonchev–Trinajstić information content (AvgIpc) is 3.15. The largest absolute Gasteiger partial charge is 0.489 e. The zero-order chi connectivity index (χ0) is 18.5. The predicted octanol–water partition coefficient (Wildman–Crippen LogP) is 4.02. The Bertz CT molecular complexity index is 910. The maximum absolute atomic E-state index is 12.9. The van der Waals surface area contributed by atoms with E-state index in [1.807, 2.05) is 0 Å². The number of halogens is 1. The Hall–Kier alpha value is -3.41. The normalized spacial score (nSPS) is 10.4. The molecule has 132 valence electrons. The second-order valence-corrected chi connectivity index (χ2v) is 5.42. The summed E-state index contributed by atoms with van der Waals surface area (Å²) in [7, 11) is 1.27. The molecule has 0 atom stereocenters. The first-order valence-electron chi connectivity index (χ1n) is 7.76. The summed E-state index contributed by atoms with van der Waals surface area (Å²) in [6, 6.07) is 13.5. The number of hydrogen-bond acceptors (Lipinski definition) is 5. The molecule has 1 aromatic heterocycles. The zero-order valence-electron chi connectivity index (χ0n) is 13.9. The minimum Gasteiger partial charge on any atom is -0.489 e. The molecule has 0 spiro atoms. The quantitative estimate of drug-likeness (QED) is 0.494. The van der Waals surface area contributed by atoms with Gasteiger partial charge in [-0.25, -0.2) is 9.18 Å². The summed E-state index contributed by atoms with van der Waals surface area (Å²) in [5.74, 6) is -0.558. The van der Waals surface area contributed by atoms with Crippen molar-refractivity contribution in [3.63, 3.8) is 0 Å². The fraction of sp³-hybridized carbons (Fsp3) is 0.100. The van der Waals surface area contributed by atoms with Crippen LogP contribution >= 0.6 is 0 Å². The molecule has 3 aromatic rings. The molecular formula is C20H15FO5. The minimum absolute atomic E-state index is 0.0932. The number of rotatable bonds is 6. The number of ether oxygens (including phenoxy) is 2. The summed E-state index contributed by atoms with van der Waals surface area (Å²) in [5.41, 5.74) is 1.42. The van der Waals surface area contributed by atoms with Crippen LogP contribution in [0.2, 0.25) is 0 Å². The van der Waals surface area contributed by atoms with Crippen LogP contribution in [0.25, 0.3) is 0 Å². The van der Waals surface area contributed by atoms with Gasteiger partial charge in [-0.1, -0.05) is 0 Å². The van der Waals surface area contributed by atoms with E-state index in [-0.39, 0.29) is 18.2 Å². The molecule has 0 amide bonds. The highest BCUT2D eigenvalue weighted by atomic mass is 19.1. The first kappa shape index (κ1) is 17.4. The van der Waals surface area contributed by atoms with Crippen molar-refractivity contribution in [3.05, 3.63) is 89.1 Å². The summed E-state index contributed by atoms with van der Waals surface area (Å²) in [6.07, 6.45) is 1.38. The van der Waals surface area contributed by atoms with Crippen LogP contribution in [0.1, 0.15) is 32.0 Å². The summed E-state index contributed by atoms with van der Waals surface area (Å²) >= 11 is 0. The average molecular weight is 354 g/mol. The van der Waals surface area contributed by atoms with Crippen molar-refractivity contribution in [1.29, 1.82) is 0 Å². The number of carbonyl (C=O) groups excluding carboxylic acids is 2. The van der Waals surface area contributed by atoms with Crippen LogP contribution < -0.4 is 4.74 Å². The van der Waals surface area contributed by atoms with Gasteiger partial charge in [0, 0.05) is 16.7 Å². The Balaban J connectivity index is 1.67. The van der Waals surface area contributed by atoms with Crippen molar-refractivity contribution in [2.24, 2.45) is 0 Å². The lowest BCUT2D eigenvalue weighted by Crippen LogP contribution is -2.05. The van der Waals surface area contributed by atoms with Gasteiger partial charge < -0.3 is 13.9 Å². The van der Waals surface area contributed by atoms with Gasteiger partial charge >= 0.3 is 5.97 Å². The van der Waals surface area contributed by atoms with E-state index in [1.54, 1.807) is 30.3 Å². The third-order valence-corrected chi connectivity index (χ3v) is 3.73. The molecule has 0 aliphatic rings. The molecule has 0 radical (unpaired) electrons. The highest BCUT2D eigenvalue weighted by Gasteiger charge is 2.16. The second kappa shape index (κ2) is 7.65. The Morgan fingerprint density at radius 1 is 0.962 bits per heavy atom. The van der Waals surface area contributed by atoms with Crippen LogP contribution in [0.4, 0.5) is 4.39 Å². The summed E-state index contributed by atoms with van der Waals surface area (Å²) in [6.45, 7) is 0.117. The van der Waals surface area contributed by atoms with Crippen LogP contribution in [-0.4, -0.2) is 18.9 Å². The Morgan fingerprint density at radius 2 is 1.58 bits per heavy atom. The fourth-order valence-corrected chi connectivity index (χ4v) is 2.35. The lowest BCUT2D eigenvalue weighted by Gasteiger charge is -2.07. The third kappa shape index (κ3) is 3.80. The minimum atomic E-state index is -0.575. The van der Waals surface area contributed by atoms with Gasteiger partial charge in [0.25, 0.3) is 0 Å². The summed E-state index contributed by atoms with van der Waals surface area (Å²) < 4.78 is 28.3. The number of methoxy groups -OCH3 is 1. The van der Waals surface area contributed by atoms with E-state index in [4.69, 9.17) is 9.15 Å². The van der Waals surface area contributed by atoms with Crippen LogP contribution in [0.3, 0.4) is 0 Å². The number of benzene rings is 2. The van der Waals surface area contributed by atoms with Crippen molar-refractivity contribution >= 4 is 11.8 Å². The SMILES string of the molecule is COC(=O)c1occc1COc1ccc(C(=O)c2ccc(F)cc2)cc1. The van der Waals surface area contributed by atoms with Crippen LogP contribution in [0, 0.1) is 5.82 Å². The van der Waals surface area contributed by atoms with Crippen molar-refractivity contribution in [2.45, 2.75) is 6.61 Å². The Labute approximate surface area is 149 Å². The number of furan rings is 1. The van der Waals surface area contributed by atoms with Crippen molar-refractivity contribution in [2.75, 3.05) is 7.11 Å². The molecule has 0 saturated carbocycles. The first-order chi connectivity index (χ1) is 12.6. The predicted molar refractivity (Wildman–Crippen MR) is 90.7 cm³/mol. The molecule has 0 aliphatic heterocycles. The Kier molecular flexibility index (Phi) is 5.12. The molecular weight excluding hydrogens is 339 g/mol. The molecule has 1 heterocycles. The highest BCUT2D eigenvalue weighted by Crippen LogP contribution is 2.19. The van der Waals surface area contributed by atoms with Gasteiger partial charge in [0.15, 0.2) is 5.78 Å². The number of carbonyl (C=O) groups is 2. The van der Waals surface area contributed by atoms with Crippen LogP contribution in [-0.2, 0) is 11.3 Å². The molecule has 0 N–H and O–H groups in total. The lowest BCUT2D eigenvalue weighted by molar-refractivity contribution is 0.0561. The van der Waals surface area contributed by atoms with Gasteiger partial charge in [0.05, 0.1) is 13.4 Å². The molecule has 0 unspecified atom stereocenters. The lowest BCUT2D eigenvalue weighted by atomic mass is 10.0. The van der Waals surface area contributed by atoms with E-state index in [9.17, 15) is 14.0 Å². The van der Waals surface area contributed by atoms with E-state index >= 15 is 0 Å². The second-order valence-electron chi connectivity index (χ2n) is 5.42. The van der Waals surface area contributed by atoms with Crippen LogP contribution in [0.15, 0.2) is 65.3 Å². The fourth-order valence-electron chi connectivity index (χ4n) is 2.35. The van der Waals surface area contributed by atoms with E-state index in [0.717, 1.165) is 0 Å². The number of esters is 1. The van der Waals surface area contributed by atoms with E-state index < -0.39 is 11.8 Å². The van der Waals surface area contributed by atoms with E-state index in [0.29, 0.717) is 22.4 Å². The molecule has 26 heavy (non-hydrogen) atoms. The van der Waals surface area contributed by atoms with Gasteiger partial charge in [-0.15, -0.1) is 0 Å². The van der Waals surface area contributed by atoms with E-state index in [1.165, 1.54) is 37.6 Å². The number of ketones is 1. The molecule has 6 heteroatoms. The molecule has 2 aromatic carbocycles. The van der Waals surface area contributed by atoms with Crippen LogP contribution in [0.5, 0.6) is 5.75 Å². The molecule has 3 rings (SSSR count). The van der Waals surface area contributed by atoms with Crippen molar-refractivity contribution in [3.8, 4) is 5.75 Å². The monoisotopic (exact) mass is 354 g/mol. The van der Waals surface area contributed by atoms with Gasteiger partial charge in [0.2, 0.25) is 5.76 Å². The standard InChI is InChI=1S/C20H15FO5/c1-24-20(23)19-15(10-11-25-19)12-26-17-8-4-14(5-9-17)18(22)13-2-6-16(21)7-3-13/h2-11H,12H2,1H3. The molecule has 0 saturated heterocycles. The maximum Gasteiger partial charge on any atom is 0.374 e. The molecule has 0 aliphatic carbocycles. The smallest absolute Gasteiger partial charge is 0.374 e. The Morgan fingerprint density at radius 3 is 2.19 bits per heavy atom. The zero-order valence-corrected chi connectivity index (χ0v) is 13.9. The van der Waals surface area contributed by atoms with Gasteiger partial charge in [-0.05, 0) is 54.6 Å². The van der Waals surface area contributed by atoms with Crippen molar-refractivity contribution in [1.82, 2.24) is 0 Å².